The number of hydrogen-bond acceptors (Lipinski definition) is 4. The maximum Gasteiger partial charge on any atom is 0.237 e. The van der Waals surface area contributed by atoms with E-state index in [2.05, 4.69) is 34.5 Å². The number of piperazine rings is 1. The van der Waals surface area contributed by atoms with Gasteiger partial charge in [0.15, 0.2) is 0 Å². The molecule has 0 saturated carbocycles. The van der Waals surface area contributed by atoms with Crippen LogP contribution >= 0.6 is 0 Å². The Balaban J connectivity index is 1.39. The van der Waals surface area contributed by atoms with E-state index in [1.165, 1.54) is 11.1 Å². The smallest absolute Gasteiger partial charge is 0.237 e. The SMILES string of the molecule is CN(CC1CCOCC1)C(=O)CC1C(=O)NCCN1C1Cc2ccccc2C1. The molecule has 3 aliphatic rings. The molecule has 0 radical (unpaired) electrons. The average Bonchev–Trinajstić information content (AvgIpc) is 3.14. The molecule has 4 rings (SSSR count). The number of rotatable bonds is 5. The van der Waals surface area contributed by atoms with E-state index in [0.29, 0.717) is 18.5 Å². The van der Waals surface area contributed by atoms with Gasteiger partial charge in [-0.3, -0.25) is 14.5 Å². The Kier molecular flexibility index (Phi) is 5.97. The van der Waals surface area contributed by atoms with Crippen LogP contribution in [0.1, 0.15) is 30.4 Å². The second-order valence-corrected chi connectivity index (χ2v) is 8.41. The number of ether oxygens (including phenoxy) is 1. The Labute approximate surface area is 167 Å². The maximum atomic E-state index is 12.9. The summed E-state index contributed by atoms with van der Waals surface area (Å²) in [4.78, 5) is 29.6. The molecule has 2 fully saturated rings. The van der Waals surface area contributed by atoms with Crippen molar-refractivity contribution in [3.63, 3.8) is 0 Å². The lowest BCUT2D eigenvalue weighted by Gasteiger charge is -2.39. The predicted octanol–water partition coefficient (Wildman–Crippen LogP) is 1.23. The molecule has 0 bridgehead atoms. The minimum Gasteiger partial charge on any atom is -0.381 e. The Hall–Kier alpha value is -1.92. The summed E-state index contributed by atoms with van der Waals surface area (Å²) in [7, 11) is 1.87. The van der Waals surface area contributed by atoms with Gasteiger partial charge in [-0.05, 0) is 42.7 Å². The number of carbonyl (C=O) groups is 2. The summed E-state index contributed by atoms with van der Waals surface area (Å²) in [5.41, 5.74) is 2.75. The van der Waals surface area contributed by atoms with Gasteiger partial charge in [0.1, 0.15) is 0 Å². The molecule has 0 aromatic heterocycles. The first kappa shape index (κ1) is 19.4. The molecule has 28 heavy (non-hydrogen) atoms. The minimum absolute atomic E-state index is 0.00461. The van der Waals surface area contributed by atoms with Crippen molar-refractivity contribution in [3.05, 3.63) is 35.4 Å². The Bertz CT molecular complexity index is 692. The second-order valence-electron chi connectivity index (χ2n) is 8.41. The van der Waals surface area contributed by atoms with Crippen molar-refractivity contribution in [1.82, 2.24) is 15.1 Å². The van der Waals surface area contributed by atoms with Gasteiger partial charge in [0.05, 0.1) is 12.5 Å². The molecule has 6 nitrogen and oxygen atoms in total. The molecule has 2 aliphatic heterocycles. The van der Waals surface area contributed by atoms with E-state index in [-0.39, 0.29) is 24.3 Å². The third kappa shape index (κ3) is 4.23. The molecule has 2 heterocycles. The Morgan fingerprint density at radius 3 is 2.57 bits per heavy atom. The van der Waals surface area contributed by atoms with Crippen LogP contribution in [-0.4, -0.2) is 73.6 Å². The maximum absolute atomic E-state index is 12.9. The topological polar surface area (TPSA) is 61.9 Å². The van der Waals surface area contributed by atoms with E-state index >= 15 is 0 Å². The average molecular weight is 386 g/mol. The summed E-state index contributed by atoms with van der Waals surface area (Å²) in [6.07, 6.45) is 4.21. The van der Waals surface area contributed by atoms with Gasteiger partial charge >= 0.3 is 0 Å². The highest BCUT2D eigenvalue weighted by molar-refractivity contribution is 5.88. The van der Waals surface area contributed by atoms with Crippen LogP contribution in [0, 0.1) is 5.92 Å². The highest BCUT2D eigenvalue weighted by Crippen LogP contribution is 2.28. The Morgan fingerprint density at radius 1 is 1.21 bits per heavy atom. The van der Waals surface area contributed by atoms with Crippen LogP contribution in [0.25, 0.3) is 0 Å². The van der Waals surface area contributed by atoms with Crippen LogP contribution in [0.3, 0.4) is 0 Å². The molecule has 0 spiro atoms. The van der Waals surface area contributed by atoms with Crippen molar-refractivity contribution < 1.29 is 14.3 Å². The summed E-state index contributed by atoms with van der Waals surface area (Å²) < 4.78 is 5.41. The van der Waals surface area contributed by atoms with E-state index < -0.39 is 0 Å². The van der Waals surface area contributed by atoms with Crippen LogP contribution in [0.2, 0.25) is 0 Å². The van der Waals surface area contributed by atoms with E-state index in [0.717, 1.165) is 52.0 Å². The summed E-state index contributed by atoms with van der Waals surface area (Å²) in [6.45, 7) is 3.80. The van der Waals surface area contributed by atoms with Gasteiger partial charge in [0.25, 0.3) is 0 Å². The molecule has 1 unspecified atom stereocenters. The van der Waals surface area contributed by atoms with Crippen molar-refractivity contribution in [2.75, 3.05) is 39.9 Å². The molecular weight excluding hydrogens is 354 g/mol. The number of hydrogen-bond donors (Lipinski definition) is 1. The zero-order valence-corrected chi connectivity index (χ0v) is 16.7. The first-order chi connectivity index (χ1) is 13.6. The van der Waals surface area contributed by atoms with E-state index in [1.807, 2.05) is 11.9 Å². The van der Waals surface area contributed by atoms with Crippen LogP contribution < -0.4 is 5.32 Å². The van der Waals surface area contributed by atoms with Gasteiger partial charge in [-0.15, -0.1) is 0 Å². The van der Waals surface area contributed by atoms with Crippen LogP contribution in [0.5, 0.6) is 0 Å². The first-order valence-electron chi connectivity index (χ1n) is 10.5. The number of carbonyl (C=O) groups excluding carboxylic acids is 2. The van der Waals surface area contributed by atoms with Gasteiger partial charge in [-0.2, -0.15) is 0 Å². The number of fused-ring (bicyclic) bond motifs is 1. The summed E-state index contributed by atoms with van der Waals surface area (Å²) in [5.74, 6) is 0.562. The van der Waals surface area contributed by atoms with Crippen molar-refractivity contribution in [2.24, 2.45) is 5.92 Å². The standard InChI is InChI=1S/C22H31N3O3/c1-24(15-16-6-10-28-11-7-16)21(26)14-20-22(27)23-8-9-25(20)19-12-17-4-2-3-5-18(17)13-19/h2-5,16,19-20H,6-15H2,1H3,(H,23,27). The van der Waals surface area contributed by atoms with Crippen LogP contribution in [-0.2, 0) is 27.2 Å². The molecule has 152 valence electrons. The first-order valence-corrected chi connectivity index (χ1v) is 10.5. The molecule has 1 aromatic rings. The molecule has 1 N–H and O–H groups in total. The Morgan fingerprint density at radius 2 is 1.89 bits per heavy atom. The van der Waals surface area contributed by atoms with Crippen LogP contribution in [0.15, 0.2) is 24.3 Å². The fourth-order valence-corrected chi connectivity index (χ4v) is 4.89. The monoisotopic (exact) mass is 385 g/mol. The zero-order valence-electron chi connectivity index (χ0n) is 16.7. The molecular formula is C22H31N3O3. The van der Waals surface area contributed by atoms with Crippen LogP contribution in [0.4, 0.5) is 0 Å². The molecule has 1 aromatic carbocycles. The lowest BCUT2D eigenvalue weighted by molar-refractivity contribution is -0.139. The van der Waals surface area contributed by atoms with Gasteiger partial charge in [0, 0.05) is 45.9 Å². The van der Waals surface area contributed by atoms with Gasteiger partial charge in [0.2, 0.25) is 11.8 Å². The fraction of sp³-hybridized carbons (Fsp3) is 0.636. The number of amides is 2. The summed E-state index contributed by atoms with van der Waals surface area (Å²) in [6, 6.07) is 8.47. The lowest BCUT2D eigenvalue weighted by Crippen LogP contribution is -2.59. The fourth-order valence-electron chi connectivity index (χ4n) is 4.89. The van der Waals surface area contributed by atoms with Gasteiger partial charge in [-0.25, -0.2) is 0 Å². The predicted molar refractivity (Wildman–Crippen MR) is 107 cm³/mol. The number of benzene rings is 1. The molecule has 6 heteroatoms. The highest BCUT2D eigenvalue weighted by atomic mass is 16.5. The number of nitrogens with zero attached hydrogens (tertiary/aromatic N) is 2. The van der Waals surface area contributed by atoms with E-state index in [4.69, 9.17) is 4.74 Å². The lowest BCUT2D eigenvalue weighted by atomic mass is 9.99. The largest absolute Gasteiger partial charge is 0.381 e. The summed E-state index contributed by atoms with van der Waals surface area (Å²) >= 11 is 0. The zero-order chi connectivity index (χ0) is 19.5. The summed E-state index contributed by atoms with van der Waals surface area (Å²) in [5, 5.41) is 2.96. The molecule has 1 aliphatic carbocycles. The minimum atomic E-state index is -0.363. The van der Waals surface area contributed by atoms with Crippen molar-refractivity contribution in [3.8, 4) is 0 Å². The third-order valence-electron chi connectivity index (χ3n) is 6.54. The highest BCUT2D eigenvalue weighted by Gasteiger charge is 2.38. The van der Waals surface area contributed by atoms with Crippen molar-refractivity contribution in [1.29, 1.82) is 0 Å². The van der Waals surface area contributed by atoms with Gasteiger partial charge in [-0.1, -0.05) is 24.3 Å². The normalized spacial score (nSPS) is 24.0. The van der Waals surface area contributed by atoms with Crippen molar-refractivity contribution >= 4 is 11.8 Å². The molecule has 2 saturated heterocycles. The molecule has 1 atom stereocenters. The van der Waals surface area contributed by atoms with Crippen molar-refractivity contribution in [2.45, 2.75) is 44.2 Å². The second kappa shape index (κ2) is 8.62. The quantitative estimate of drug-likeness (QED) is 0.828. The van der Waals surface area contributed by atoms with Gasteiger partial charge < -0.3 is 15.0 Å². The third-order valence-corrected chi connectivity index (χ3v) is 6.54. The van der Waals surface area contributed by atoms with E-state index in [9.17, 15) is 9.59 Å². The van der Waals surface area contributed by atoms with E-state index in [1.54, 1.807) is 0 Å². The number of nitrogens with one attached hydrogen (secondary N) is 1. The molecule has 2 amide bonds.